The SMILES string of the molecule is CN[C@H](CCCC[N+](C)(CCCS(=O)(=O)O)C(C)C)C(=O)O. The molecule has 2 atom stereocenters. The number of hydrogen-bond donors (Lipinski definition) is 3. The second-order valence-corrected chi connectivity index (χ2v) is 7.91. The van der Waals surface area contributed by atoms with Crippen molar-refractivity contribution >= 4 is 16.1 Å². The Morgan fingerprint density at radius 1 is 1.18 bits per heavy atom. The molecule has 7 nitrogen and oxygen atoms in total. The molecule has 0 aliphatic heterocycles. The highest BCUT2D eigenvalue weighted by atomic mass is 32.2. The van der Waals surface area contributed by atoms with Crippen molar-refractivity contribution in [3.05, 3.63) is 0 Å². The Morgan fingerprint density at radius 3 is 2.14 bits per heavy atom. The minimum Gasteiger partial charge on any atom is -0.480 e. The number of carbonyl (C=O) groups is 1. The predicted octanol–water partition coefficient (Wildman–Crippen LogP) is 0.962. The van der Waals surface area contributed by atoms with Gasteiger partial charge >= 0.3 is 5.97 Å². The Kier molecular flexibility index (Phi) is 9.14. The zero-order valence-electron chi connectivity index (χ0n) is 14.1. The second-order valence-electron chi connectivity index (χ2n) is 6.34. The zero-order chi connectivity index (χ0) is 17.4. The van der Waals surface area contributed by atoms with Crippen molar-refractivity contribution < 1.29 is 27.4 Å². The predicted molar refractivity (Wildman–Crippen MR) is 86.4 cm³/mol. The summed E-state index contributed by atoms with van der Waals surface area (Å²) in [6, 6.07) is -0.182. The number of nitrogens with one attached hydrogen (secondary N) is 1. The highest BCUT2D eigenvalue weighted by molar-refractivity contribution is 7.85. The van der Waals surface area contributed by atoms with E-state index < -0.39 is 22.1 Å². The van der Waals surface area contributed by atoms with Gasteiger partial charge in [0.15, 0.2) is 0 Å². The molecule has 0 aliphatic rings. The lowest BCUT2D eigenvalue weighted by Gasteiger charge is -2.39. The largest absolute Gasteiger partial charge is 0.480 e. The van der Waals surface area contributed by atoms with Gasteiger partial charge in [-0.3, -0.25) is 9.35 Å². The van der Waals surface area contributed by atoms with E-state index in [2.05, 4.69) is 26.2 Å². The molecule has 0 spiro atoms. The normalized spacial score (nSPS) is 16.5. The third kappa shape index (κ3) is 8.67. The van der Waals surface area contributed by atoms with Crippen LogP contribution < -0.4 is 5.32 Å². The average Bonchev–Trinajstić information content (AvgIpc) is 2.36. The van der Waals surface area contributed by atoms with Gasteiger partial charge in [-0.05, 0) is 40.2 Å². The van der Waals surface area contributed by atoms with E-state index in [1.54, 1.807) is 7.05 Å². The smallest absolute Gasteiger partial charge is 0.320 e. The highest BCUT2D eigenvalue weighted by Gasteiger charge is 2.26. The molecular weight excluding hydrogens is 308 g/mol. The van der Waals surface area contributed by atoms with Crippen LogP contribution in [0.4, 0.5) is 0 Å². The van der Waals surface area contributed by atoms with Crippen LogP contribution in [-0.4, -0.2) is 73.6 Å². The Hall–Kier alpha value is -0.700. The van der Waals surface area contributed by atoms with Gasteiger partial charge in [0.1, 0.15) is 6.04 Å². The number of aliphatic carboxylic acids is 1. The molecule has 22 heavy (non-hydrogen) atoms. The van der Waals surface area contributed by atoms with E-state index in [1.165, 1.54) is 0 Å². The van der Waals surface area contributed by atoms with E-state index >= 15 is 0 Å². The van der Waals surface area contributed by atoms with Gasteiger partial charge in [-0.15, -0.1) is 0 Å². The van der Waals surface area contributed by atoms with Crippen molar-refractivity contribution in [1.82, 2.24) is 5.32 Å². The van der Waals surface area contributed by atoms with Crippen LogP contribution in [-0.2, 0) is 14.9 Å². The van der Waals surface area contributed by atoms with Crippen molar-refractivity contribution in [1.29, 1.82) is 0 Å². The summed E-state index contributed by atoms with van der Waals surface area (Å²) in [7, 11) is -0.193. The van der Waals surface area contributed by atoms with Gasteiger partial charge in [-0.25, -0.2) is 0 Å². The maximum absolute atomic E-state index is 10.9. The minimum atomic E-state index is -3.91. The molecule has 1 unspecified atom stereocenters. The number of hydrogen-bond acceptors (Lipinski definition) is 4. The molecule has 0 saturated heterocycles. The Labute approximate surface area is 134 Å². The van der Waals surface area contributed by atoms with Crippen LogP contribution in [0.15, 0.2) is 0 Å². The number of likely N-dealkylation sites (N-methyl/N-ethyl adjacent to an activating group) is 1. The van der Waals surface area contributed by atoms with Gasteiger partial charge in [0.25, 0.3) is 10.1 Å². The molecule has 8 heteroatoms. The van der Waals surface area contributed by atoms with E-state index in [4.69, 9.17) is 9.66 Å². The van der Waals surface area contributed by atoms with Crippen molar-refractivity contribution in [3.8, 4) is 0 Å². The van der Waals surface area contributed by atoms with Gasteiger partial charge in [-0.1, -0.05) is 0 Å². The quantitative estimate of drug-likeness (QED) is 0.278. The number of nitrogens with zero attached hydrogens (tertiary/aromatic N) is 1. The summed E-state index contributed by atoms with van der Waals surface area (Å²) in [5, 5.41) is 11.7. The molecule has 0 radical (unpaired) electrons. The van der Waals surface area contributed by atoms with Crippen LogP contribution in [0.25, 0.3) is 0 Å². The molecule has 0 aliphatic carbocycles. The van der Waals surface area contributed by atoms with Crippen LogP contribution in [0.1, 0.15) is 39.5 Å². The van der Waals surface area contributed by atoms with E-state index in [1.807, 2.05) is 0 Å². The summed E-state index contributed by atoms with van der Waals surface area (Å²) in [5.41, 5.74) is 0. The van der Waals surface area contributed by atoms with E-state index in [0.717, 1.165) is 19.4 Å². The van der Waals surface area contributed by atoms with E-state index in [0.29, 0.717) is 29.9 Å². The minimum absolute atomic E-state index is 0.214. The highest BCUT2D eigenvalue weighted by Crippen LogP contribution is 2.15. The number of carboxylic acids is 1. The summed E-state index contributed by atoms with van der Waals surface area (Å²) >= 11 is 0. The first-order valence-electron chi connectivity index (χ1n) is 7.71. The maximum atomic E-state index is 10.9. The number of unbranched alkanes of at least 4 members (excludes halogenated alkanes) is 1. The van der Waals surface area contributed by atoms with E-state index in [9.17, 15) is 13.2 Å². The monoisotopic (exact) mass is 339 g/mol. The van der Waals surface area contributed by atoms with Crippen molar-refractivity contribution in [2.75, 3.05) is 32.9 Å². The first-order chi connectivity index (χ1) is 10.0. The fourth-order valence-electron chi connectivity index (χ4n) is 2.45. The van der Waals surface area contributed by atoms with Crippen LogP contribution in [0.5, 0.6) is 0 Å². The molecular formula is C14H31N2O5S+. The molecule has 0 saturated carbocycles. The summed E-state index contributed by atoms with van der Waals surface area (Å²) in [5.74, 6) is -1.05. The summed E-state index contributed by atoms with van der Waals surface area (Å²) in [4.78, 5) is 10.9. The van der Waals surface area contributed by atoms with Gasteiger partial charge < -0.3 is 14.9 Å². The number of carboxylic acid groups (broad SMARTS) is 1. The van der Waals surface area contributed by atoms with Crippen molar-refractivity contribution in [2.24, 2.45) is 0 Å². The molecule has 0 bridgehead atoms. The fraction of sp³-hybridized carbons (Fsp3) is 0.929. The molecule has 3 N–H and O–H groups in total. The molecule has 132 valence electrons. The van der Waals surface area contributed by atoms with Crippen LogP contribution in [0, 0.1) is 0 Å². The topological polar surface area (TPSA) is 104 Å². The summed E-state index contributed by atoms with van der Waals surface area (Å²) in [6.45, 7) is 5.70. The third-order valence-corrected chi connectivity index (χ3v) is 5.18. The Morgan fingerprint density at radius 2 is 1.73 bits per heavy atom. The lowest BCUT2D eigenvalue weighted by molar-refractivity contribution is -0.930. The number of rotatable bonds is 12. The van der Waals surface area contributed by atoms with Crippen LogP contribution in [0.3, 0.4) is 0 Å². The average molecular weight is 339 g/mol. The molecule has 0 aromatic carbocycles. The number of quaternary nitrogens is 1. The van der Waals surface area contributed by atoms with E-state index in [-0.39, 0.29) is 5.75 Å². The molecule has 0 rings (SSSR count). The summed E-state index contributed by atoms with van der Waals surface area (Å²) < 4.78 is 31.1. The lowest BCUT2D eigenvalue weighted by Crippen LogP contribution is -2.51. The molecule has 0 aromatic heterocycles. The zero-order valence-corrected chi connectivity index (χ0v) is 14.9. The third-order valence-electron chi connectivity index (χ3n) is 4.38. The molecule has 0 aromatic rings. The first kappa shape index (κ1) is 21.3. The molecule has 0 fully saturated rings. The Balaban J connectivity index is 4.31. The molecule has 0 heterocycles. The lowest BCUT2D eigenvalue weighted by atomic mass is 10.1. The van der Waals surface area contributed by atoms with Crippen LogP contribution >= 0.6 is 0 Å². The standard InChI is InChI=1S/C14H30N2O5S/c1-12(2)16(4,10-7-11-22(19,20)21)9-6-5-8-13(15-3)14(17)18/h12-13,15H,5-11H2,1-4H3,(H-,17,18,19,20,21)/p+1/t13-,16?/m1/s1. The molecule has 0 amide bonds. The van der Waals surface area contributed by atoms with Crippen molar-refractivity contribution in [3.63, 3.8) is 0 Å². The fourth-order valence-corrected chi connectivity index (χ4v) is 2.94. The Bertz CT molecular complexity index is 439. The van der Waals surface area contributed by atoms with Gasteiger partial charge in [-0.2, -0.15) is 8.42 Å². The van der Waals surface area contributed by atoms with Gasteiger partial charge in [0.05, 0.1) is 31.9 Å². The van der Waals surface area contributed by atoms with Crippen molar-refractivity contribution in [2.45, 2.75) is 51.6 Å². The van der Waals surface area contributed by atoms with Gasteiger partial charge in [0, 0.05) is 6.42 Å². The summed E-state index contributed by atoms with van der Waals surface area (Å²) in [6.07, 6.45) is 2.68. The second kappa shape index (κ2) is 9.44. The first-order valence-corrected chi connectivity index (χ1v) is 9.32. The van der Waals surface area contributed by atoms with Crippen LogP contribution in [0.2, 0.25) is 0 Å². The van der Waals surface area contributed by atoms with Gasteiger partial charge in [0.2, 0.25) is 0 Å². The maximum Gasteiger partial charge on any atom is 0.320 e.